The lowest BCUT2D eigenvalue weighted by Crippen LogP contribution is -2.68. The number of nitrogens with one attached hydrogen (secondary N) is 1. The molecule has 2 bridgehead atoms. The largest absolute Gasteiger partial charge is 0.463 e. The van der Waals surface area contributed by atoms with E-state index < -0.39 is 158 Å². The van der Waals surface area contributed by atoms with Crippen molar-refractivity contribution in [1.82, 2.24) is 5.32 Å². The van der Waals surface area contributed by atoms with Crippen molar-refractivity contribution in [3.05, 3.63) is 12.2 Å². The van der Waals surface area contributed by atoms with Gasteiger partial charge in [-0.25, -0.2) is 4.79 Å². The number of allylic oxidation sites excluding steroid dienone is 1. The SMILES string of the molecule is CCCCCCCCCCCCC/C=C/[C@H]1OC(=O)CCC(=O)OCC2O[C@H](OC[C@@H]1NC(=O)CCCCCCCCCCCCCCCCC)C(OP)C(P=O)[C@@H]2O[C@@H]1OC(COP)[C@H](OP)[C@H](O[C@]2(C(=O)OP)CC(P=O)[C@H](C)[C@H]([C@H](P=O)[C@@H](COP)OP)O2)C1OP. The average Bonchev–Trinajstić information content (AvgIpc) is 0.753. The van der Waals surface area contributed by atoms with E-state index in [1.165, 1.54) is 122 Å². The molecule has 548 valence electrons. The number of carbonyl (C=O) groups is 4. The number of carbonyl (C=O) groups excluding carboxylic acids is 4. The molecule has 0 aromatic carbocycles. The lowest BCUT2D eigenvalue weighted by Gasteiger charge is -2.51. The van der Waals surface area contributed by atoms with Gasteiger partial charge in [0.15, 0.2) is 38.0 Å². The first-order valence-corrected chi connectivity index (χ1v) is 40.4. The Morgan fingerprint density at radius 1 is 0.663 bits per heavy atom. The van der Waals surface area contributed by atoms with Gasteiger partial charge in [0.1, 0.15) is 67.2 Å². The first-order chi connectivity index (χ1) is 46.2. The number of rotatable bonds is 48. The molecule has 1 amide bonds. The van der Waals surface area contributed by atoms with E-state index in [1.807, 2.05) is 15.5 Å². The molecule has 4 heterocycles. The summed E-state index contributed by atoms with van der Waals surface area (Å²) in [6.07, 6.45) is 19.3. The van der Waals surface area contributed by atoms with Crippen LogP contribution in [0, 0.1) is 5.92 Å². The van der Waals surface area contributed by atoms with Crippen LogP contribution in [-0.4, -0.2) is 153 Å². The van der Waals surface area contributed by atoms with E-state index in [0.717, 1.165) is 38.5 Å². The minimum Gasteiger partial charge on any atom is -0.463 e. The lowest BCUT2D eigenvalue weighted by molar-refractivity contribution is -0.364. The van der Waals surface area contributed by atoms with Gasteiger partial charge >= 0.3 is 17.9 Å². The molecular formula is C62H113NO22P10. The molecule has 25 atom stereocenters. The molecule has 1 N–H and O–H groups in total. The molecule has 4 rings (SSSR count). The van der Waals surface area contributed by atoms with Gasteiger partial charge in [-0.15, -0.1) is 0 Å². The number of fused-ring (bicyclic) bond motifs is 2. The zero-order chi connectivity index (χ0) is 69.2. The fourth-order valence-corrected chi connectivity index (χ4v) is 16.7. The first kappa shape index (κ1) is 87.9. The van der Waals surface area contributed by atoms with Crippen LogP contribution in [0.1, 0.15) is 220 Å². The molecule has 0 radical (unpaired) electrons. The number of amides is 1. The molecule has 0 aliphatic carbocycles. The highest BCUT2D eigenvalue weighted by Gasteiger charge is 2.61. The highest BCUT2D eigenvalue weighted by molar-refractivity contribution is 7.25. The average molecular weight is 1530 g/mol. The monoisotopic (exact) mass is 1530 g/mol. The third-order valence-corrected chi connectivity index (χ3v) is 22.7. The Labute approximate surface area is 586 Å². The van der Waals surface area contributed by atoms with Crippen LogP contribution in [0.2, 0.25) is 0 Å². The summed E-state index contributed by atoms with van der Waals surface area (Å²) in [5, 5.41) is 3.11. The van der Waals surface area contributed by atoms with E-state index in [0.29, 0.717) is 12.8 Å². The van der Waals surface area contributed by atoms with Crippen LogP contribution in [0.3, 0.4) is 0 Å². The van der Waals surface area contributed by atoms with E-state index in [2.05, 4.69) is 76.0 Å². The summed E-state index contributed by atoms with van der Waals surface area (Å²) < 4.78 is 132. The number of cyclic esters (lactones) is 2. The summed E-state index contributed by atoms with van der Waals surface area (Å²) in [5.41, 5.74) is -3.06. The van der Waals surface area contributed by atoms with Crippen molar-refractivity contribution in [2.75, 3.05) is 26.4 Å². The van der Waals surface area contributed by atoms with Crippen LogP contribution in [0.15, 0.2) is 12.2 Å². The third kappa shape index (κ3) is 30.6. The molecule has 0 spiro atoms. The standard InChI is InChI=1S/C62H113NO22P10/c1-4-6-8-10-12-14-16-18-19-21-23-25-27-29-31-33-48(64)63-42-37-72-59-56(84-91)58(95-70)53(44(76-59)38-71-49(65)34-35-50(66)75-43(42)32-30-28-26-24-22-20-17-15-13-11-9-7-5-2)78-60-55(83-90)54(52(82-89)45(77-60)39-73-86)80-62(61(67)85-92)36-47(93-68)41(3)51(79-62)57(94-69)46(81-88)40-74-87/h30,32,41-47,51-60H,4-29,31,33-40,86-92H2,1-3H3,(H,63,64)/b32-30+/t41-,42-,43+,44?,45?,46+,47?,51+,52-,53+,54-,55?,56?,57+,58?,59-,60-,62-/m0/s1. The number of hydrogen-bond acceptors (Lipinski definition) is 22. The molecule has 33 heteroatoms. The second-order valence-electron chi connectivity index (χ2n) is 25.2. The predicted molar refractivity (Wildman–Crippen MR) is 386 cm³/mol. The summed E-state index contributed by atoms with van der Waals surface area (Å²) in [5.74, 6) is -5.86. The fraction of sp³-hybridized carbons (Fsp3) is 0.903. The molecular weight excluding hydrogens is 1420 g/mol. The molecule has 4 aliphatic rings. The Kier molecular flexibility index (Phi) is 48.5. The maximum atomic E-state index is 14.3. The van der Waals surface area contributed by atoms with Crippen molar-refractivity contribution in [2.45, 2.75) is 322 Å². The molecule has 13 unspecified atom stereocenters. The number of ether oxygens (including phenoxy) is 8. The van der Waals surface area contributed by atoms with Crippen molar-refractivity contribution in [2.24, 2.45) is 5.92 Å². The van der Waals surface area contributed by atoms with Gasteiger partial charge < -0.3 is 74.9 Å². The van der Waals surface area contributed by atoms with Crippen molar-refractivity contribution >= 4 is 115 Å². The number of esters is 2. The minimum atomic E-state index is -2.41. The summed E-state index contributed by atoms with van der Waals surface area (Å²) in [6, 6.07) is -0.955. The Morgan fingerprint density at radius 2 is 1.23 bits per heavy atom. The van der Waals surface area contributed by atoms with E-state index in [4.69, 9.17) is 69.6 Å². The molecule has 4 fully saturated rings. The topological polar surface area (TPSA) is 270 Å². The molecule has 95 heavy (non-hydrogen) atoms. The molecule has 23 nitrogen and oxygen atoms in total. The summed E-state index contributed by atoms with van der Waals surface area (Å²) >= 11 is 0. The van der Waals surface area contributed by atoms with Crippen molar-refractivity contribution in [3.63, 3.8) is 0 Å². The Morgan fingerprint density at radius 3 is 1.75 bits per heavy atom. The van der Waals surface area contributed by atoms with Crippen molar-refractivity contribution in [3.8, 4) is 0 Å². The minimum absolute atomic E-state index is 0.0705. The smallest absolute Gasteiger partial charge is 0.369 e. The summed E-state index contributed by atoms with van der Waals surface area (Å²) in [7, 11) is 13.2. The van der Waals surface area contributed by atoms with Gasteiger partial charge in [-0.2, -0.15) is 0 Å². The van der Waals surface area contributed by atoms with Crippen LogP contribution in [0.5, 0.6) is 0 Å². The highest BCUT2D eigenvalue weighted by atomic mass is 31.1. The van der Waals surface area contributed by atoms with Gasteiger partial charge in [0, 0.05) is 69.6 Å². The van der Waals surface area contributed by atoms with Crippen molar-refractivity contribution < 1.29 is 102 Å². The Bertz CT molecular complexity index is 2200. The van der Waals surface area contributed by atoms with Gasteiger partial charge in [-0.3, -0.25) is 28.1 Å². The zero-order valence-corrected chi connectivity index (χ0v) is 66.8. The van der Waals surface area contributed by atoms with Crippen LogP contribution in [0.25, 0.3) is 0 Å². The van der Waals surface area contributed by atoms with Gasteiger partial charge in [0.2, 0.25) is 5.91 Å². The predicted octanol–water partition coefficient (Wildman–Crippen LogP) is 14.2. The molecule has 0 aromatic rings. The van der Waals surface area contributed by atoms with Gasteiger partial charge in [-0.1, -0.05) is 181 Å². The maximum Gasteiger partial charge on any atom is 0.369 e. The third-order valence-electron chi connectivity index (χ3n) is 18.1. The van der Waals surface area contributed by atoms with Crippen LogP contribution < -0.4 is 5.32 Å². The van der Waals surface area contributed by atoms with E-state index in [-0.39, 0.29) is 51.4 Å². The second kappa shape index (κ2) is 52.4. The molecule has 0 aromatic heterocycles. The molecule has 0 saturated carbocycles. The van der Waals surface area contributed by atoms with E-state index in [9.17, 15) is 32.9 Å². The second-order valence-corrected chi connectivity index (χ2v) is 29.7. The van der Waals surface area contributed by atoms with Crippen molar-refractivity contribution in [1.29, 1.82) is 0 Å². The maximum absolute atomic E-state index is 14.3. The normalized spacial score (nSPS) is 30.2. The Hall–Kier alpha value is 0.450. The lowest BCUT2D eigenvalue weighted by atomic mass is 9.87. The quantitative estimate of drug-likeness (QED) is 0.0257. The van der Waals surface area contributed by atoms with E-state index >= 15 is 0 Å². The van der Waals surface area contributed by atoms with Crippen LogP contribution in [-0.2, 0) is 102 Å². The number of unbranched alkanes of at least 4 members (excludes halogenated alkanes) is 25. The molecule has 4 aliphatic heterocycles. The molecule has 4 saturated heterocycles. The zero-order valence-electron chi connectivity index (χ0n) is 56.1. The van der Waals surface area contributed by atoms with Gasteiger partial charge in [-0.05, 0) is 31.3 Å². The van der Waals surface area contributed by atoms with Gasteiger partial charge in [0.25, 0.3) is 5.79 Å². The highest BCUT2D eigenvalue weighted by Crippen LogP contribution is 2.47. The summed E-state index contributed by atoms with van der Waals surface area (Å²) in [4.78, 5) is 55.8. The Balaban J connectivity index is 1.62. The number of hydrogen-bond donors (Lipinski definition) is 1. The van der Waals surface area contributed by atoms with Crippen LogP contribution in [0.4, 0.5) is 0 Å². The van der Waals surface area contributed by atoms with E-state index in [1.54, 1.807) is 13.0 Å². The van der Waals surface area contributed by atoms with Crippen LogP contribution >= 0.6 is 91.6 Å². The summed E-state index contributed by atoms with van der Waals surface area (Å²) in [6.45, 7) is 5.13. The first-order valence-electron chi connectivity index (χ1n) is 34.4. The fourth-order valence-electron chi connectivity index (χ4n) is 12.6. The van der Waals surface area contributed by atoms with Gasteiger partial charge in [0.05, 0.1) is 65.6 Å².